The van der Waals surface area contributed by atoms with Crippen LogP contribution >= 0.6 is 0 Å². The predicted molar refractivity (Wildman–Crippen MR) is 89.1 cm³/mol. The van der Waals surface area contributed by atoms with Crippen LogP contribution in [0.1, 0.15) is 38.3 Å². The molecule has 2 amide bonds. The van der Waals surface area contributed by atoms with Crippen molar-refractivity contribution in [3.8, 4) is 0 Å². The molecule has 1 aliphatic carbocycles. The maximum absolute atomic E-state index is 12.9. The Morgan fingerprint density at radius 2 is 2.38 bits per heavy atom. The van der Waals surface area contributed by atoms with E-state index in [-0.39, 0.29) is 23.6 Å². The van der Waals surface area contributed by atoms with Crippen molar-refractivity contribution in [2.24, 2.45) is 5.41 Å². The molecule has 24 heavy (non-hydrogen) atoms. The molecule has 1 saturated heterocycles. The molecule has 0 radical (unpaired) electrons. The van der Waals surface area contributed by atoms with E-state index in [0.29, 0.717) is 0 Å². The Labute approximate surface area is 142 Å². The van der Waals surface area contributed by atoms with Gasteiger partial charge in [-0.05, 0) is 39.0 Å². The lowest BCUT2D eigenvalue weighted by molar-refractivity contribution is -0.169. The largest absolute Gasteiger partial charge is 0.381 e. The summed E-state index contributed by atoms with van der Waals surface area (Å²) in [6.07, 6.45) is 6.72. The number of amides is 2. The highest BCUT2D eigenvalue weighted by Crippen LogP contribution is 2.50. The minimum atomic E-state index is -0.0110. The van der Waals surface area contributed by atoms with Crippen LogP contribution in [0.15, 0.2) is 6.20 Å². The zero-order chi connectivity index (χ0) is 16.6. The smallest absolute Gasteiger partial charge is 0.322 e. The Morgan fingerprint density at radius 3 is 3.17 bits per heavy atom. The van der Waals surface area contributed by atoms with Crippen molar-refractivity contribution < 1.29 is 14.3 Å². The van der Waals surface area contributed by atoms with E-state index in [2.05, 4.69) is 15.5 Å². The summed E-state index contributed by atoms with van der Waals surface area (Å²) in [5.41, 5.74) is 2.01. The molecule has 2 fully saturated rings. The fourth-order valence-electron chi connectivity index (χ4n) is 4.50. The van der Waals surface area contributed by atoms with Gasteiger partial charge in [0.05, 0.1) is 23.7 Å². The molecular formula is C17H26N4O3. The Kier molecular flexibility index (Phi) is 4.22. The maximum Gasteiger partial charge on any atom is 0.322 e. The Morgan fingerprint density at radius 1 is 1.54 bits per heavy atom. The van der Waals surface area contributed by atoms with Gasteiger partial charge in [0.25, 0.3) is 0 Å². The first-order valence-electron chi connectivity index (χ1n) is 9.04. The molecule has 4 rings (SSSR count). The lowest BCUT2D eigenvalue weighted by Gasteiger charge is -2.57. The van der Waals surface area contributed by atoms with E-state index in [1.54, 1.807) is 6.20 Å². The molecular weight excluding hydrogens is 308 g/mol. The van der Waals surface area contributed by atoms with Crippen LogP contribution in [-0.4, -0.2) is 54.7 Å². The number of fused-ring (bicyclic) bond motifs is 1. The highest BCUT2D eigenvalue weighted by Gasteiger charge is 2.56. The summed E-state index contributed by atoms with van der Waals surface area (Å²) in [6.45, 7) is 5.01. The van der Waals surface area contributed by atoms with Gasteiger partial charge in [0.15, 0.2) is 0 Å². The molecule has 7 heteroatoms. The van der Waals surface area contributed by atoms with Crippen LogP contribution in [0.3, 0.4) is 0 Å². The highest BCUT2D eigenvalue weighted by molar-refractivity contribution is 5.93. The van der Waals surface area contributed by atoms with E-state index in [0.717, 1.165) is 69.9 Å². The fourth-order valence-corrected chi connectivity index (χ4v) is 4.50. The van der Waals surface area contributed by atoms with Gasteiger partial charge in [-0.15, -0.1) is 0 Å². The van der Waals surface area contributed by atoms with Crippen LogP contribution in [0.5, 0.6) is 0 Å². The van der Waals surface area contributed by atoms with Gasteiger partial charge in [0.2, 0.25) is 0 Å². The number of hydrogen-bond donors (Lipinski definition) is 2. The van der Waals surface area contributed by atoms with Crippen LogP contribution in [0.25, 0.3) is 0 Å². The molecule has 1 aromatic heterocycles. The minimum Gasteiger partial charge on any atom is -0.381 e. The van der Waals surface area contributed by atoms with Crippen molar-refractivity contribution in [1.29, 1.82) is 0 Å². The molecule has 7 nitrogen and oxygen atoms in total. The third kappa shape index (κ3) is 2.50. The van der Waals surface area contributed by atoms with E-state index >= 15 is 0 Å². The number of rotatable bonds is 3. The van der Waals surface area contributed by atoms with Crippen molar-refractivity contribution in [2.45, 2.75) is 51.2 Å². The Bertz CT molecular complexity index is 596. The number of nitrogens with zero attached hydrogens (tertiary/aromatic N) is 2. The molecule has 2 N–H and O–H groups in total. The number of H-pyrrole nitrogens is 1. The van der Waals surface area contributed by atoms with Gasteiger partial charge in [-0.3, -0.25) is 10.00 Å². The fraction of sp³-hybridized carbons (Fsp3) is 0.765. The lowest BCUT2D eigenvalue weighted by Crippen LogP contribution is -2.67. The normalized spacial score (nSPS) is 28.3. The SMILES string of the molecule is CCOC1CC(NC(=O)N2CCCc3[nH]ncc32)C12CCOCC2. The van der Waals surface area contributed by atoms with Crippen LogP contribution < -0.4 is 10.2 Å². The number of aryl methyl sites for hydroxylation is 1. The standard InChI is InChI=1S/C17H26N4O3/c1-2-24-15-10-14(17(15)5-8-23-9-6-17)19-16(22)21-7-3-4-12-13(21)11-18-20-12/h11,14-15H,2-10H2,1H3,(H,18,20)(H,19,22). The summed E-state index contributed by atoms with van der Waals surface area (Å²) in [7, 11) is 0. The summed E-state index contributed by atoms with van der Waals surface area (Å²) < 4.78 is 11.5. The summed E-state index contributed by atoms with van der Waals surface area (Å²) in [4.78, 5) is 14.7. The Hall–Kier alpha value is -1.60. The molecule has 2 aliphatic heterocycles. The van der Waals surface area contributed by atoms with E-state index in [1.807, 2.05) is 11.8 Å². The number of carbonyl (C=O) groups excluding carboxylic acids is 1. The van der Waals surface area contributed by atoms with Crippen molar-refractivity contribution in [3.05, 3.63) is 11.9 Å². The van der Waals surface area contributed by atoms with E-state index in [4.69, 9.17) is 9.47 Å². The third-order valence-electron chi connectivity index (χ3n) is 5.91. The second-order valence-corrected chi connectivity index (χ2v) is 7.02. The van der Waals surface area contributed by atoms with Crippen molar-refractivity contribution in [1.82, 2.24) is 15.5 Å². The summed E-state index contributed by atoms with van der Waals surface area (Å²) in [5, 5.41) is 10.4. The Balaban J connectivity index is 1.46. The number of urea groups is 1. The quantitative estimate of drug-likeness (QED) is 0.884. The van der Waals surface area contributed by atoms with Crippen molar-refractivity contribution in [3.63, 3.8) is 0 Å². The first-order valence-corrected chi connectivity index (χ1v) is 9.04. The molecule has 3 heterocycles. The van der Waals surface area contributed by atoms with Crippen LogP contribution in [0.2, 0.25) is 0 Å². The number of ether oxygens (including phenoxy) is 2. The van der Waals surface area contributed by atoms with Gasteiger partial charge in [-0.25, -0.2) is 4.79 Å². The molecule has 1 spiro atoms. The van der Waals surface area contributed by atoms with Crippen LogP contribution in [-0.2, 0) is 15.9 Å². The number of aromatic nitrogens is 2. The third-order valence-corrected chi connectivity index (χ3v) is 5.91. The number of hydrogen-bond acceptors (Lipinski definition) is 4. The molecule has 1 saturated carbocycles. The lowest BCUT2D eigenvalue weighted by atomic mass is 9.57. The molecule has 3 aliphatic rings. The van der Waals surface area contributed by atoms with E-state index in [1.165, 1.54) is 0 Å². The number of nitrogens with one attached hydrogen (secondary N) is 2. The van der Waals surface area contributed by atoms with Crippen molar-refractivity contribution in [2.75, 3.05) is 31.3 Å². The minimum absolute atomic E-state index is 0.0110. The average molecular weight is 334 g/mol. The monoisotopic (exact) mass is 334 g/mol. The second-order valence-electron chi connectivity index (χ2n) is 7.02. The summed E-state index contributed by atoms with van der Waals surface area (Å²) in [5.74, 6) is 0. The number of carbonyl (C=O) groups is 1. The zero-order valence-electron chi connectivity index (χ0n) is 14.2. The second kappa shape index (κ2) is 6.37. The van der Waals surface area contributed by atoms with E-state index < -0.39 is 0 Å². The van der Waals surface area contributed by atoms with Gasteiger partial charge >= 0.3 is 6.03 Å². The van der Waals surface area contributed by atoms with Crippen LogP contribution in [0.4, 0.5) is 10.5 Å². The first kappa shape index (κ1) is 15.9. The number of anilines is 1. The van der Waals surface area contributed by atoms with Crippen LogP contribution in [0, 0.1) is 5.41 Å². The molecule has 2 atom stereocenters. The van der Waals surface area contributed by atoms with Gasteiger partial charge in [0.1, 0.15) is 0 Å². The maximum atomic E-state index is 12.9. The van der Waals surface area contributed by atoms with Crippen molar-refractivity contribution >= 4 is 11.7 Å². The van der Waals surface area contributed by atoms with Gasteiger partial charge in [-0.1, -0.05) is 0 Å². The zero-order valence-corrected chi connectivity index (χ0v) is 14.2. The molecule has 2 unspecified atom stereocenters. The molecule has 0 aromatic carbocycles. The predicted octanol–water partition coefficient (Wildman–Crippen LogP) is 1.85. The average Bonchev–Trinajstić information content (AvgIpc) is 3.10. The van der Waals surface area contributed by atoms with Gasteiger partial charge in [-0.2, -0.15) is 5.10 Å². The number of aromatic amines is 1. The molecule has 132 valence electrons. The summed E-state index contributed by atoms with van der Waals surface area (Å²) in [6, 6.07) is 0.158. The first-order chi connectivity index (χ1) is 11.7. The van der Waals surface area contributed by atoms with E-state index in [9.17, 15) is 4.79 Å². The molecule has 0 bridgehead atoms. The van der Waals surface area contributed by atoms with Gasteiger partial charge < -0.3 is 14.8 Å². The topological polar surface area (TPSA) is 79.5 Å². The summed E-state index contributed by atoms with van der Waals surface area (Å²) >= 11 is 0. The van der Waals surface area contributed by atoms with Gasteiger partial charge in [0, 0.05) is 37.8 Å². The molecule has 1 aromatic rings. The highest BCUT2D eigenvalue weighted by atomic mass is 16.5.